The molecule has 32 heavy (non-hydrogen) atoms. The first-order valence-corrected chi connectivity index (χ1v) is 10.3. The zero-order valence-electron chi connectivity index (χ0n) is 17.1. The molecule has 0 radical (unpaired) electrons. The van der Waals surface area contributed by atoms with Crippen LogP contribution in [-0.2, 0) is 19.3 Å². The predicted octanol–water partition coefficient (Wildman–Crippen LogP) is 5.23. The Morgan fingerprint density at radius 1 is 1.03 bits per heavy atom. The third-order valence-corrected chi connectivity index (χ3v) is 5.71. The monoisotopic (exact) mass is 441 g/mol. The minimum Gasteiger partial charge on any atom is -0.324 e. The van der Waals surface area contributed by atoms with Gasteiger partial charge in [-0.2, -0.15) is 13.2 Å². The van der Waals surface area contributed by atoms with Crippen LogP contribution in [0.5, 0.6) is 0 Å². The average Bonchev–Trinajstić information content (AvgIpc) is 3.38. The Morgan fingerprint density at radius 3 is 2.59 bits per heavy atom. The first-order chi connectivity index (χ1) is 15.4. The first-order valence-electron chi connectivity index (χ1n) is 10.3. The fraction of sp³-hybridized carbons (Fsp3) is 0.261. The summed E-state index contributed by atoms with van der Waals surface area (Å²) in [6.45, 7) is 2.81. The number of nitrogens with zero attached hydrogens (tertiary/aromatic N) is 3. The lowest BCUT2D eigenvalue weighted by atomic mass is 10.0. The number of anilines is 1. The van der Waals surface area contributed by atoms with Crippen LogP contribution in [0.3, 0.4) is 0 Å². The Bertz CT molecular complexity index is 1240. The Morgan fingerprint density at radius 2 is 1.81 bits per heavy atom. The van der Waals surface area contributed by atoms with Gasteiger partial charge < -0.3 is 10.6 Å². The second-order valence-electron chi connectivity index (χ2n) is 7.70. The van der Waals surface area contributed by atoms with Gasteiger partial charge in [-0.25, -0.2) is 14.4 Å². The second-order valence-corrected chi connectivity index (χ2v) is 7.70. The van der Waals surface area contributed by atoms with E-state index in [1.807, 2.05) is 6.92 Å². The highest BCUT2D eigenvalue weighted by molar-refractivity contribution is 6.11. The van der Waals surface area contributed by atoms with E-state index in [1.54, 1.807) is 12.1 Å². The van der Waals surface area contributed by atoms with Crippen LogP contribution in [0, 0.1) is 5.82 Å². The molecule has 0 spiro atoms. The third kappa shape index (κ3) is 3.42. The molecule has 5 nitrogen and oxygen atoms in total. The van der Waals surface area contributed by atoms with Crippen molar-refractivity contribution in [3.8, 4) is 11.4 Å². The van der Waals surface area contributed by atoms with Gasteiger partial charge in [0.1, 0.15) is 17.5 Å². The van der Waals surface area contributed by atoms with Crippen LogP contribution in [-0.4, -0.2) is 15.8 Å². The Balaban J connectivity index is 1.61. The van der Waals surface area contributed by atoms with Crippen LogP contribution < -0.4 is 10.6 Å². The number of rotatable bonds is 3. The Labute approximate surface area is 181 Å². The lowest BCUT2D eigenvalue weighted by Crippen LogP contribution is -2.16. The first kappa shape index (κ1) is 20.6. The molecule has 0 saturated heterocycles. The maximum absolute atomic E-state index is 14.5. The van der Waals surface area contributed by atoms with Crippen LogP contribution in [0.4, 0.5) is 23.4 Å². The number of amidine groups is 1. The highest BCUT2D eigenvalue weighted by Gasteiger charge is 2.35. The van der Waals surface area contributed by atoms with Gasteiger partial charge in [0.05, 0.1) is 17.3 Å². The molecule has 2 aromatic carbocycles. The van der Waals surface area contributed by atoms with Crippen LogP contribution in [0.15, 0.2) is 47.5 Å². The molecule has 3 heterocycles. The van der Waals surface area contributed by atoms with Crippen LogP contribution >= 0.6 is 0 Å². The predicted molar refractivity (Wildman–Crippen MR) is 113 cm³/mol. The van der Waals surface area contributed by atoms with Gasteiger partial charge in [-0.05, 0) is 18.6 Å². The molecule has 0 amide bonds. The summed E-state index contributed by atoms with van der Waals surface area (Å²) >= 11 is 0. The molecule has 0 fully saturated rings. The number of fused-ring (bicyclic) bond motifs is 2. The van der Waals surface area contributed by atoms with E-state index in [0.717, 1.165) is 11.6 Å². The van der Waals surface area contributed by atoms with Crippen molar-refractivity contribution in [3.63, 3.8) is 0 Å². The van der Waals surface area contributed by atoms with Crippen molar-refractivity contribution >= 4 is 11.7 Å². The van der Waals surface area contributed by atoms with Crippen molar-refractivity contribution in [2.24, 2.45) is 4.99 Å². The van der Waals surface area contributed by atoms with Crippen molar-refractivity contribution in [1.29, 1.82) is 0 Å². The molecule has 0 saturated carbocycles. The molecule has 164 valence electrons. The number of alkyl halides is 3. The van der Waals surface area contributed by atoms with Crippen molar-refractivity contribution in [2.45, 2.75) is 38.7 Å². The zero-order chi connectivity index (χ0) is 22.5. The molecule has 9 heteroatoms. The number of halogens is 4. The minimum atomic E-state index is -4.54. The summed E-state index contributed by atoms with van der Waals surface area (Å²) in [6.07, 6.45) is -3.92. The lowest BCUT2D eigenvalue weighted by molar-refractivity contribution is -0.137. The van der Waals surface area contributed by atoms with Gasteiger partial charge in [-0.15, -0.1) is 0 Å². The largest absolute Gasteiger partial charge is 0.417 e. The van der Waals surface area contributed by atoms with E-state index in [9.17, 15) is 17.6 Å². The Kier molecular flexibility index (Phi) is 4.93. The molecule has 2 aliphatic rings. The summed E-state index contributed by atoms with van der Waals surface area (Å²) in [7, 11) is 0. The van der Waals surface area contributed by atoms with Gasteiger partial charge in [0, 0.05) is 35.3 Å². The summed E-state index contributed by atoms with van der Waals surface area (Å²) in [4.78, 5) is 13.5. The highest BCUT2D eigenvalue weighted by Crippen LogP contribution is 2.38. The smallest absolute Gasteiger partial charge is 0.324 e. The fourth-order valence-electron chi connectivity index (χ4n) is 4.20. The molecule has 1 unspecified atom stereocenters. The summed E-state index contributed by atoms with van der Waals surface area (Å²) in [5, 5.41) is 6.33. The van der Waals surface area contributed by atoms with E-state index in [0.29, 0.717) is 48.0 Å². The van der Waals surface area contributed by atoms with Gasteiger partial charge in [0.15, 0.2) is 5.82 Å². The fourth-order valence-corrected chi connectivity index (χ4v) is 4.20. The van der Waals surface area contributed by atoms with E-state index < -0.39 is 11.7 Å². The topological polar surface area (TPSA) is 62.2 Å². The van der Waals surface area contributed by atoms with Crippen molar-refractivity contribution in [1.82, 2.24) is 15.3 Å². The Hall–Kier alpha value is -3.33. The molecule has 2 N–H and O–H groups in total. The number of hydrogen-bond donors (Lipinski definition) is 2. The van der Waals surface area contributed by atoms with Crippen molar-refractivity contribution in [3.05, 3.63) is 76.2 Å². The van der Waals surface area contributed by atoms with Crippen molar-refractivity contribution < 1.29 is 17.6 Å². The van der Waals surface area contributed by atoms with E-state index in [4.69, 9.17) is 0 Å². The summed E-state index contributed by atoms with van der Waals surface area (Å²) < 4.78 is 55.2. The number of hydrogen-bond acceptors (Lipinski definition) is 5. The molecular formula is C23H19F4N5. The van der Waals surface area contributed by atoms with E-state index in [1.165, 1.54) is 24.3 Å². The van der Waals surface area contributed by atoms with Gasteiger partial charge in [0.25, 0.3) is 0 Å². The maximum atomic E-state index is 14.5. The van der Waals surface area contributed by atoms with Crippen LogP contribution in [0.25, 0.3) is 11.4 Å². The maximum Gasteiger partial charge on any atom is 0.417 e. The minimum absolute atomic E-state index is 0.0204. The number of aromatic nitrogens is 2. The van der Waals surface area contributed by atoms with Gasteiger partial charge in [-0.1, -0.05) is 37.3 Å². The van der Waals surface area contributed by atoms with Crippen LogP contribution in [0.1, 0.15) is 47.3 Å². The molecule has 1 aromatic heterocycles. The third-order valence-electron chi connectivity index (χ3n) is 5.71. The number of nitrogens with one attached hydrogen (secondary N) is 2. The molecule has 5 rings (SSSR count). The molecule has 0 bridgehead atoms. The summed E-state index contributed by atoms with van der Waals surface area (Å²) in [6, 6.07) is 9.71. The van der Waals surface area contributed by atoms with Crippen molar-refractivity contribution in [2.75, 3.05) is 5.32 Å². The summed E-state index contributed by atoms with van der Waals surface area (Å²) in [5.74, 6) is 0.476. The zero-order valence-corrected chi connectivity index (χ0v) is 17.1. The van der Waals surface area contributed by atoms with Gasteiger partial charge in [0.2, 0.25) is 0 Å². The van der Waals surface area contributed by atoms with Crippen LogP contribution in [0.2, 0.25) is 0 Å². The van der Waals surface area contributed by atoms with E-state index >= 15 is 0 Å². The number of aliphatic imine (C=N–C) groups is 1. The quantitative estimate of drug-likeness (QED) is 0.547. The molecule has 2 aliphatic heterocycles. The lowest BCUT2D eigenvalue weighted by Gasteiger charge is -2.15. The normalized spacial score (nSPS) is 17.2. The second kappa shape index (κ2) is 7.67. The molecule has 1 atom stereocenters. The van der Waals surface area contributed by atoms with E-state index in [2.05, 4.69) is 25.6 Å². The SMILES string of the molecule is CCC1N=C(Nc2nc(-c3ccccc3C(F)(F)F)nc3c2CNC3)c2cccc(F)c21. The van der Waals surface area contributed by atoms with E-state index in [-0.39, 0.29) is 23.2 Å². The summed E-state index contributed by atoms with van der Waals surface area (Å²) in [5.41, 5.74) is 1.65. The highest BCUT2D eigenvalue weighted by atomic mass is 19.4. The molecule has 3 aromatic rings. The number of benzene rings is 2. The van der Waals surface area contributed by atoms with Gasteiger partial charge in [-0.3, -0.25) is 4.99 Å². The molecule has 0 aliphatic carbocycles. The molecular weight excluding hydrogens is 422 g/mol. The standard InChI is InChI=1S/C23H19F4N5/c1-2-17-19-13(7-5-9-16(19)24)21(29-17)32-22-14-10-28-11-18(14)30-20(31-22)12-6-3-4-8-15(12)23(25,26)27/h3-9,17,28H,2,10-11H2,1H3,(H,29,30,31,32). The average molecular weight is 441 g/mol. The van der Waals surface area contributed by atoms with Gasteiger partial charge >= 0.3 is 6.18 Å².